The van der Waals surface area contributed by atoms with Gasteiger partial charge in [0.1, 0.15) is 5.75 Å². The minimum Gasteiger partial charge on any atom is -0.497 e. The fourth-order valence-corrected chi connectivity index (χ4v) is 3.39. The maximum Gasteiger partial charge on any atom is 0.119 e. The molecule has 0 amide bonds. The molecular weight excluding hydrogens is 268 g/mol. The van der Waals surface area contributed by atoms with Crippen LogP contribution in [0, 0.1) is 12.3 Å². The highest BCUT2D eigenvalue weighted by Gasteiger charge is 2.29. The molecule has 0 aromatic heterocycles. The number of hydrogen-bond acceptors (Lipinski definition) is 1. The van der Waals surface area contributed by atoms with E-state index in [9.17, 15) is 0 Å². The summed E-state index contributed by atoms with van der Waals surface area (Å²) >= 11 is 0. The van der Waals surface area contributed by atoms with Crippen LogP contribution in [0.5, 0.6) is 5.75 Å². The highest BCUT2D eigenvalue weighted by molar-refractivity contribution is 5.84. The van der Waals surface area contributed by atoms with Crippen LogP contribution in [0.4, 0.5) is 0 Å². The first kappa shape index (κ1) is 14.9. The fraction of sp³-hybridized carbons (Fsp3) is 0.333. The summed E-state index contributed by atoms with van der Waals surface area (Å²) in [6, 6.07) is 15.1. The Balaban J connectivity index is 2.16. The highest BCUT2D eigenvalue weighted by Crippen LogP contribution is 2.47. The van der Waals surface area contributed by atoms with Gasteiger partial charge in [0.2, 0.25) is 0 Å². The summed E-state index contributed by atoms with van der Waals surface area (Å²) in [4.78, 5) is 0. The van der Waals surface area contributed by atoms with Crippen molar-refractivity contribution >= 4 is 5.57 Å². The minimum atomic E-state index is 0.251. The number of benzene rings is 2. The van der Waals surface area contributed by atoms with Crippen LogP contribution in [-0.2, 0) is 0 Å². The molecule has 0 spiro atoms. The maximum atomic E-state index is 5.39. The molecule has 0 atom stereocenters. The zero-order valence-corrected chi connectivity index (χ0v) is 13.9. The first-order valence-electron chi connectivity index (χ1n) is 7.97. The second-order valence-electron chi connectivity index (χ2n) is 6.82. The number of aryl methyl sites for hydroxylation is 1. The second-order valence-corrected chi connectivity index (χ2v) is 6.82. The Labute approximate surface area is 133 Å². The molecule has 3 rings (SSSR count). The SMILES string of the molecule is COc1cccc(-c2ccc(C)cc2C2=CCCC2(C)C)c1. The lowest BCUT2D eigenvalue weighted by atomic mass is 9.79. The topological polar surface area (TPSA) is 9.23 Å². The number of allylic oxidation sites excluding steroid dienone is 2. The molecule has 0 radical (unpaired) electrons. The van der Waals surface area contributed by atoms with Crippen LogP contribution < -0.4 is 4.74 Å². The summed E-state index contributed by atoms with van der Waals surface area (Å²) in [5.74, 6) is 0.906. The third-order valence-corrected chi connectivity index (χ3v) is 4.69. The summed E-state index contributed by atoms with van der Waals surface area (Å²) in [6.07, 6.45) is 4.82. The minimum absolute atomic E-state index is 0.251. The smallest absolute Gasteiger partial charge is 0.119 e. The van der Waals surface area contributed by atoms with Crippen molar-refractivity contribution in [3.63, 3.8) is 0 Å². The van der Waals surface area contributed by atoms with Crippen LogP contribution in [0.1, 0.15) is 37.8 Å². The molecule has 1 aliphatic rings. The summed E-state index contributed by atoms with van der Waals surface area (Å²) in [7, 11) is 1.72. The average molecular weight is 292 g/mol. The van der Waals surface area contributed by atoms with Gasteiger partial charge in [-0.05, 0) is 59.6 Å². The van der Waals surface area contributed by atoms with Gasteiger partial charge in [0.05, 0.1) is 7.11 Å². The summed E-state index contributed by atoms with van der Waals surface area (Å²) in [5, 5.41) is 0. The van der Waals surface area contributed by atoms with Gasteiger partial charge in [-0.2, -0.15) is 0 Å². The quantitative estimate of drug-likeness (QED) is 0.687. The van der Waals surface area contributed by atoms with Gasteiger partial charge in [0.25, 0.3) is 0 Å². The Morgan fingerprint density at radius 2 is 1.82 bits per heavy atom. The summed E-state index contributed by atoms with van der Waals surface area (Å²) in [5.41, 5.74) is 6.93. The second kappa shape index (κ2) is 5.64. The molecule has 2 aromatic rings. The van der Waals surface area contributed by atoms with Crippen LogP contribution in [-0.4, -0.2) is 7.11 Å². The Hall–Kier alpha value is -2.02. The molecule has 0 bridgehead atoms. The Kier molecular flexibility index (Phi) is 3.82. The van der Waals surface area contributed by atoms with Gasteiger partial charge < -0.3 is 4.74 Å². The van der Waals surface area contributed by atoms with Crippen molar-refractivity contribution in [1.82, 2.24) is 0 Å². The Morgan fingerprint density at radius 1 is 1.00 bits per heavy atom. The van der Waals surface area contributed by atoms with Gasteiger partial charge in [-0.25, -0.2) is 0 Å². The molecule has 0 unspecified atom stereocenters. The normalized spacial score (nSPS) is 16.5. The van der Waals surface area contributed by atoms with Gasteiger partial charge in [0, 0.05) is 0 Å². The average Bonchev–Trinajstić information content (AvgIpc) is 2.86. The van der Waals surface area contributed by atoms with E-state index in [-0.39, 0.29) is 5.41 Å². The number of ether oxygens (including phenoxy) is 1. The molecule has 1 nitrogen and oxygen atoms in total. The van der Waals surface area contributed by atoms with E-state index in [1.807, 2.05) is 6.07 Å². The van der Waals surface area contributed by atoms with Crippen molar-refractivity contribution in [2.45, 2.75) is 33.6 Å². The molecule has 114 valence electrons. The van der Waals surface area contributed by atoms with E-state index >= 15 is 0 Å². The van der Waals surface area contributed by atoms with Gasteiger partial charge >= 0.3 is 0 Å². The van der Waals surface area contributed by atoms with Crippen LogP contribution in [0.25, 0.3) is 16.7 Å². The summed E-state index contributed by atoms with van der Waals surface area (Å²) in [6.45, 7) is 6.87. The highest BCUT2D eigenvalue weighted by atomic mass is 16.5. The van der Waals surface area contributed by atoms with Crippen molar-refractivity contribution in [2.24, 2.45) is 5.41 Å². The van der Waals surface area contributed by atoms with Crippen molar-refractivity contribution in [2.75, 3.05) is 7.11 Å². The molecule has 0 saturated heterocycles. The lowest BCUT2D eigenvalue weighted by molar-refractivity contribution is 0.415. The molecule has 0 aliphatic heterocycles. The van der Waals surface area contributed by atoms with E-state index in [2.05, 4.69) is 63.2 Å². The Morgan fingerprint density at radius 3 is 2.50 bits per heavy atom. The molecule has 22 heavy (non-hydrogen) atoms. The van der Waals surface area contributed by atoms with Gasteiger partial charge in [0.15, 0.2) is 0 Å². The molecule has 0 saturated carbocycles. The van der Waals surface area contributed by atoms with Crippen molar-refractivity contribution in [3.05, 3.63) is 59.7 Å². The maximum absolute atomic E-state index is 5.39. The molecule has 0 fully saturated rings. The first-order chi connectivity index (χ1) is 10.5. The van der Waals surface area contributed by atoms with E-state index in [1.54, 1.807) is 7.11 Å². The van der Waals surface area contributed by atoms with E-state index < -0.39 is 0 Å². The third kappa shape index (κ3) is 2.68. The first-order valence-corrected chi connectivity index (χ1v) is 7.97. The number of hydrogen-bond donors (Lipinski definition) is 0. The van der Waals surface area contributed by atoms with Gasteiger partial charge in [-0.15, -0.1) is 0 Å². The zero-order chi connectivity index (χ0) is 15.7. The van der Waals surface area contributed by atoms with Crippen molar-refractivity contribution in [3.8, 4) is 16.9 Å². The molecule has 1 heteroatoms. The van der Waals surface area contributed by atoms with E-state index in [0.29, 0.717) is 0 Å². The predicted octanol–water partition coefficient (Wildman–Crippen LogP) is 5.87. The van der Waals surface area contributed by atoms with E-state index in [1.165, 1.54) is 40.7 Å². The van der Waals surface area contributed by atoms with E-state index in [0.717, 1.165) is 5.75 Å². The number of rotatable bonds is 3. The van der Waals surface area contributed by atoms with Crippen LogP contribution in [0.3, 0.4) is 0 Å². The lowest BCUT2D eigenvalue weighted by Crippen LogP contribution is -2.09. The predicted molar refractivity (Wildman–Crippen MR) is 94.2 cm³/mol. The third-order valence-electron chi connectivity index (χ3n) is 4.69. The molecule has 2 aromatic carbocycles. The van der Waals surface area contributed by atoms with Crippen LogP contribution in [0.2, 0.25) is 0 Å². The monoisotopic (exact) mass is 292 g/mol. The van der Waals surface area contributed by atoms with Crippen LogP contribution in [0.15, 0.2) is 48.5 Å². The van der Waals surface area contributed by atoms with Crippen molar-refractivity contribution < 1.29 is 4.74 Å². The zero-order valence-electron chi connectivity index (χ0n) is 13.9. The van der Waals surface area contributed by atoms with Crippen molar-refractivity contribution in [1.29, 1.82) is 0 Å². The standard InChI is InChI=1S/C21H24O/c1-15-10-11-18(16-7-5-8-17(14-16)22-4)19(13-15)20-9-6-12-21(20,2)3/h5,7-11,13-14H,6,12H2,1-4H3. The lowest BCUT2D eigenvalue weighted by Gasteiger charge is -2.25. The molecular formula is C21H24O. The van der Waals surface area contributed by atoms with Gasteiger partial charge in [-0.3, -0.25) is 0 Å². The fourth-order valence-electron chi connectivity index (χ4n) is 3.39. The molecule has 0 heterocycles. The molecule has 0 N–H and O–H groups in total. The van der Waals surface area contributed by atoms with Crippen LogP contribution >= 0.6 is 0 Å². The summed E-state index contributed by atoms with van der Waals surface area (Å²) < 4.78 is 5.39. The van der Waals surface area contributed by atoms with E-state index in [4.69, 9.17) is 4.74 Å². The largest absolute Gasteiger partial charge is 0.497 e. The van der Waals surface area contributed by atoms with Gasteiger partial charge in [-0.1, -0.05) is 55.8 Å². The Bertz CT molecular complexity index is 722. The number of methoxy groups -OCH3 is 1. The molecule has 1 aliphatic carbocycles.